The van der Waals surface area contributed by atoms with Crippen molar-refractivity contribution in [1.82, 2.24) is 20.5 Å². The summed E-state index contributed by atoms with van der Waals surface area (Å²) in [6, 6.07) is 0.577. The van der Waals surface area contributed by atoms with E-state index in [1.807, 2.05) is 0 Å². The van der Waals surface area contributed by atoms with Gasteiger partial charge in [-0.05, 0) is 35.3 Å². The molecule has 0 spiro atoms. The van der Waals surface area contributed by atoms with E-state index in [1.54, 1.807) is 0 Å². The van der Waals surface area contributed by atoms with Crippen LogP contribution in [0.1, 0.15) is 25.1 Å². The molecule has 0 bridgehead atoms. The van der Waals surface area contributed by atoms with Gasteiger partial charge in [0.25, 0.3) is 0 Å². The number of halogens is 1. The van der Waals surface area contributed by atoms with Crippen LogP contribution in [0.4, 0.5) is 0 Å². The molecule has 13 heavy (non-hydrogen) atoms. The van der Waals surface area contributed by atoms with E-state index in [-0.39, 0.29) is 0 Å². The molecular weight excluding hydrogens is 232 g/mol. The maximum Gasteiger partial charge on any atom is 0.217 e. The molecule has 1 aliphatic rings. The van der Waals surface area contributed by atoms with Gasteiger partial charge >= 0.3 is 0 Å². The van der Waals surface area contributed by atoms with E-state index in [0.717, 1.165) is 18.8 Å². The molecule has 2 heterocycles. The van der Waals surface area contributed by atoms with Crippen LogP contribution in [0.5, 0.6) is 0 Å². The van der Waals surface area contributed by atoms with Gasteiger partial charge in [0.15, 0.2) is 0 Å². The number of aromatic nitrogens is 3. The summed E-state index contributed by atoms with van der Waals surface area (Å²) in [6.45, 7) is 1.14. The van der Waals surface area contributed by atoms with Crippen LogP contribution in [0.2, 0.25) is 0 Å². The fourth-order valence-corrected chi connectivity index (χ4v) is 2.00. The van der Waals surface area contributed by atoms with Gasteiger partial charge < -0.3 is 5.32 Å². The van der Waals surface area contributed by atoms with Crippen LogP contribution in [0.15, 0.2) is 4.73 Å². The quantitative estimate of drug-likeness (QED) is 0.824. The summed E-state index contributed by atoms with van der Waals surface area (Å²) >= 11 is 3.22. The molecule has 0 saturated carbocycles. The first-order chi connectivity index (χ1) is 6.34. The van der Waals surface area contributed by atoms with Gasteiger partial charge in [-0.3, -0.25) is 5.10 Å². The second-order valence-corrected chi connectivity index (χ2v) is 4.11. The van der Waals surface area contributed by atoms with Gasteiger partial charge in [0, 0.05) is 12.5 Å². The summed E-state index contributed by atoms with van der Waals surface area (Å²) in [6.07, 6.45) is 4.83. The largest absolute Gasteiger partial charge is 0.314 e. The van der Waals surface area contributed by atoms with Crippen molar-refractivity contribution < 1.29 is 0 Å². The molecule has 5 heteroatoms. The topological polar surface area (TPSA) is 53.6 Å². The van der Waals surface area contributed by atoms with Gasteiger partial charge in [0.05, 0.1) is 0 Å². The Kier molecular flexibility index (Phi) is 2.95. The average molecular weight is 245 g/mol. The van der Waals surface area contributed by atoms with Crippen molar-refractivity contribution in [1.29, 1.82) is 0 Å². The van der Waals surface area contributed by atoms with Gasteiger partial charge in [0.2, 0.25) is 4.73 Å². The number of hydrogen-bond donors (Lipinski definition) is 2. The Morgan fingerprint density at radius 2 is 2.38 bits per heavy atom. The molecule has 2 N–H and O–H groups in total. The van der Waals surface area contributed by atoms with Gasteiger partial charge in [-0.1, -0.05) is 6.42 Å². The van der Waals surface area contributed by atoms with Gasteiger partial charge in [-0.15, -0.1) is 5.10 Å². The third kappa shape index (κ3) is 2.51. The lowest BCUT2D eigenvalue weighted by atomic mass is 10.0. The summed E-state index contributed by atoms with van der Waals surface area (Å²) in [5.41, 5.74) is 0. The Bertz CT molecular complexity index is 267. The van der Waals surface area contributed by atoms with Crippen LogP contribution in [0, 0.1) is 0 Å². The lowest BCUT2D eigenvalue weighted by Gasteiger charge is -2.22. The smallest absolute Gasteiger partial charge is 0.217 e. The lowest BCUT2D eigenvalue weighted by molar-refractivity contribution is 0.394. The highest BCUT2D eigenvalue weighted by molar-refractivity contribution is 9.10. The third-order valence-corrected chi connectivity index (χ3v) is 2.71. The predicted molar refractivity (Wildman–Crippen MR) is 53.4 cm³/mol. The molecule has 1 aromatic rings. The Balaban J connectivity index is 1.89. The second kappa shape index (κ2) is 4.19. The minimum absolute atomic E-state index is 0.577. The molecule has 0 amide bonds. The summed E-state index contributed by atoms with van der Waals surface area (Å²) in [5.74, 6) is 0.964. The van der Waals surface area contributed by atoms with E-state index in [0.29, 0.717) is 10.8 Å². The highest BCUT2D eigenvalue weighted by Gasteiger charge is 2.14. The van der Waals surface area contributed by atoms with E-state index in [2.05, 4.69) is 36.4 Å². The van der Waals surface area contributed by atoms with Crippen LogP contribution in [0.25, 0.3) is 0 Å². The van der Waals surface area contributed by atoms with Crippen molar-refractivity contribution in [3.63, 3.8) is 0 Å². The molecule has 1 aromatic heterocycles. The minimum atomic E-state index is 0.577. The van der Waals surface area contributed by atoms with Crippen molar-refractivity contribution in [3.05, 3.63) is 10.6 Å². The van der Waals surface area contributed by atoms with Crippen LogP contribution >= 0.6 is 15.9 Å². The Morgan fingerprint density at radius 1 is 1.46 bits per heavy atom. The fraction of sp³-hybridized carbons (Fsp3) is 0.750. The number of aromatic amines is 1. The van der Waals surface area contributed by atoms with Crippen LogP contribution in [0.3, 0.4) is 0 Å². The van der Waals surface area contributed by atoms with E-state index in [9.17, 15) is 0 Å². The molecule has 2 rings (SSSR count). The number of hydrogen-bond acceptors (Lipinski definition) is 3. The molecule has 4 nitrogen and oxygen atoms in total. The molecule has 1 unspecified atom stereocenters. The normalized spacial score (nSPS) is 23.3. The third-order valence-electron chi connectivity index (χ3n) is 2.36. The standard InChI is InChI=1S/C8H13BrN4/c9-8-11-7(12-13-8)5-6-3-1-2-4-10-6/h6,10H,1-5H2,(H,11,12,13). The maximum absolute atomic E-state index is 4.21. The van der Waals surface area contributed by atoms with E-state index >= 15 is 0 Å². The molecule has 0 aromatic carbocycles. The monoisotopic (exact) mass is 244 g/mol. The van der Waals surface area contributed by atoms with Gasteiger partial charge in [-0.25, -0.2) is 4.98 Å². The number of piperidine rings is 1. The minimum Gasteiger partial charge on any atom is -0.314 e. The average Bonchev–Trinajstić information content (AvgIpc) is 2.53. The molecule has 72 valence electrons. The molecular formula is C8H13BrN4. The molecule has 1 fully saturated rings. The highest BCUT2D eigenvalue weighted by atomic mass is 79.9. The first-order valence-electron chi connectivity index (χ1n) is 4.65. The van der Waals surface area contributed by atoms with E-state index in [1.165, 1.54) is 19.3 Å². The number of nitrogens with zero attached hydrogens (tertiary/aromatic N) is 2. The zero-order valence-electron chi connectivity index (χ0n) is 7.39. The molecule has 1 aliphatic heterocycles. The van der Waals surface area contributed by atoms with Crippen molar-refractivity contribution >= 4 is 15.9 Å². The second-order valence-electron chi connectivity index (χ2n) is 3.40. The Morgan fingerprint density at radius 3 is 3.00 bits per heavy atom. The van der Waals surface area contributed by atoms with Crippen molar-refractivity contribution in [2.45, 2.75) is 31.7 Å². The predicted octanol–water partition coefficient (Wildman–Crippen LogP) is 1.25. The molecule has 0 radical (unpaired) electrons. The summed E-state index contributed by atoms with van der Waals surface area (Å²) in [7, 11) is 0. The first kappa shape index (κ1) is 9.15. The molecule has 0 aliphatic carbocycles. The van der Waals surface area contributed by atoms with Crippen LogP contribution in [-0.2, 0) is 6.42 Å². The van der Waals surface area contributed by atoms with Crippen molar-refractivity contribution in [3.8, 4) is 0 Å². The summed E-state index contributed by atoms with van der Waals surface area (Å²) in [4.78, 5) is 4.21. The number of H-pyrrole nitrogens is 1. The van der Waals surface area contributed by atoms with E-state index < -0.39 is 0 Å². The zero-order chi connectivity index (χ0) is 9.10. The maximum atomic E-state index is 4.21. The highest BCUT2D eigenvalue weighted by Crippen LogP contribution is 2.11. The van der Waals surface area contributed by atoms with Crippen molar-refractivity contribution in [2.75, 3.05) is 6.54 Å². The first-order valence-corrected chi connectivity index (χ1v) is 5.44. The SMILES string of the molecule is Brc1n[nH]c(CC2CCCCN2)n1. The Hall–Kier alpha value is -0.420. The lowest BCUT2D eigenvalue weighted by Crippen LogP contribution is -2.35. The number of rotatable bonds is 2. The van der Waals surface area contributed by atoms with Gasteiger partial charge in [-0.2, -0.15) is 0 Å². The molecule has 1 saturated heterocycles. The number of nitrogens with one attached hydrogen (secondary N) is 2. The molecule has 1 atom stereocenters. The Labute approximate surface area is 85.6 Å². The summed E-state index contributed by atoms with van der Waals surface area (Å²) in [5, 5.41) is 10.3. The zero-order valence-corrected chi connectivity index (χ0v) is 8.97. The van der Waals surface area contributed by atoms with Gasteiger partial charge in [0.1, 0.15) is 5.82 Å². The van der Waals surface area contributed by atoms with Crippen LogP contribution in [-0.4, -0.2) is 27.8 Å². The van der Waals surface area contributed by atoms with E-state index in [4.69, 9.17) is 0 Å². The van der Waals surface area contributed by atoms with Crippen LogP contribution < -0.4 is 5.32 Å². The summed E-state index contributed by atoms with van der Waals surface area (Å²) < 4.78 is 0.651. The fourth-order valence-electron chi connectivity index (χ4n) is 1.69. The van der Waals surface area contributed by atoms with Crippen molar-refractivity contribution in [2.24, 2.45) is 0 Å².